The van der Waals surface area contributed by atoms with Crippen molar-refractivity contribution in [2.75, 3.05) is 13.1 Å². The number of nitrogens with zero attached hydrogens (tertiary/aromatic N) is 1. The molecule has 6 nitrogen and oxygen atoms in total. The van der Waals surface area contributed by atoms with Gasteiger partial charge in [-0.15, -0.1) is 0 Å². The third kappa shape index (κ3) is 5.54. The monoisotopic (exact) mass is 391 g/mol. The molecule has 0 fully saturated rings. The van der Waals surface area contributed by atoms with Crippen molar-refractivity contribution in [3.63, 3.8) is 0 Å². The van der Waals surface area contributed by atoms with Crippen LogP contribution in [0.15, 0.2) is 59.0 Å². The van der Waals surface area contributed by atoms with Gasteiger partial charge < -0.3 is 15.1 Å². The minimum atomic E-state index is -0.164. The minimum absolute atomic E-state index is 0.134. The average Bonchev–Trinajstić information content (AvgIpc) is 3.12. The predicted octanol–water partition coefficient (Wildman–Crippen LogP) is 3.30. The molecule has 0 bridgehead atoms. The summed E-state index contributed by atoms with van der Waals surface area (Å²) in [6.45, 7) is 4.61. The summed E-state index contributed by atoms with van der Waals surface area (Å²) in [5.41, 5.74) is 3.35. The van der Waals surface area contributed by atoms with E-state index in [-0.39, 0.29) is 18.2 Å². The summed E-state index contributed by atoms with van der Waals surface area (Å²) in [4.78, 5) is 28.6. The SMILES string of the molecule is CCc1ccc(-c2nc(CC(=O)NCCNC(=O)c3ccccc3)c(C)o2)cc1. The Balaban J connectivity index is 1.48. The molecule has 2 N–H and O–H groups in total. The number of aromatic nitrogens is 1. The van der Waals surface area contributed by atoms with Crippen LogP contribution < -0.4 is 10.6 Å². The van der Waals surface area contributed by atoms with Gasteiger partial charge in [-0.2, -0.15) is 0 Å². The summed E-state index contributed by atoms with van der Waals surface area (Å²) in [5, 5.41) is 5.57. The molecule has 3 rings (SSSR count). The summed E-state index contributed by atoms with van der Waals surface area (Å²) >= 11 is 0. The van der Waals surface area contributed by atoms with E-state index in [1.165, 1.54) is 5.56 Å². The van der Waals surface area contributed by atoms with Crippen LogP contribution in [-0.2, 0) is 17.6 Å². The molecule has 1 heterocycles. The van der Waals surface area contributed by atoms with Crippen molar-refractivity contribution in [3.8, 4) is 11.5 Å². The molecule has 0 radical (unpaired) electrons. The van der Waals surface area contributed by atoms with Crippen LogP contribution in [0, 0.1) is 6.92 Å². The number of nitrogens with one attached hydrogen (secondary N) is 2. The first-order valence-corrected chi connectivity index (χ1v) is 9.72. The van der Waals surface area contributed by atoms with Crippen LogP contribution in [0.25, 0.3) is 11.5 Å². The van der Waals surface area contributed by atoms with Gasteiger partial charge in [0.2, 0.25) is 11.8 Å². The second-order valence-electron chi connectivity index (χ2n) is 6.72. The maximum atomic E-state index is 12.2. The fourth-order valence-corrected chi connectivity index (χ4v) is 2.88. The van der Waals surface area contributed by atoms with Gasteiger partial charge in [0.05, 0.1) is 12.1 Å². The molecule has 29 heavy (non-hydrogen) atoms. The van der Waals surface area contributed by atoms with Crippen LogP contribution in [0.1, 0.15) is 34.3 Å². The maximum absolute atomic E-state index is 12.2. The largest absolute Gasteiger partial charge is 0.441 e. The Morgan fingerprint density at radius 2 is 1.66 bits per heavy atom. The van der Waals surface area contributed by atoms with E-state index in [9.17, 15) is 9.59 Å². The Morgan fingerprint density at radius 3 is 2.34 bits per heavy atom. The van der Waals surface area contributed by atoms with E-state index in [2.05, 4.69) is 22.5 Å². The van der Waals surface area contributed by atoms with Crippen molar-refractivity contribution < 1.29 is 14.0 Å². The lowest BCUT2D eigenvalue weighted by molar-refractivity contribution is -0.120. The summed E-state index contributed by atoms with van der Waals surface area (Å²) in [5.74, 6) is 0.823. The number of hydrogen-bond donors (Lipinski definition) is 2. The molecule has 150 valence electrons. The number of hydrogen-bond acceptors (Lipinski definition) is 4. The first kappa shape index (κ1) is 20.3. The van der Waals surface area contributed by atoms with Crippen molar-refractivity contribution >= 4 is 11.8 Å². The number of carbonyl (C=O) groups excluding carboxylic acids is 2. The highest BCUT2D eigenvalue weighted by Gasteiger charge is 2.14. The summed E-state index contributed by atoms with van der Waals surface area (Å²) < 4.78 is 5.73. The summed E-state index contributed by atoms with van der Waals surface area (Å²) in [6, 6.07) is 17.0. The molecule has 0 aliphatic rings. The van der Waals surface area contributed by atoms with Gasteiger partial charge in [-0.25, -0.2) is 4.98 Å². The Labute approximate surface area is 170 Å². The third-order valence-electron chi connectivity index (χ3n) is 4.60. The molecule has 0 aliphatic heterocycles. The van der Waals surface area contributed by atoms with E-state index >= 15 is 0 Å². The fourth-order valence-electron chi connectivity index (χ4n) is 2.88. The lowest BCUT2D eigenvalue weighted by Crippen LogP contribution is -2.35. The molecule has 0 saturated carbocycles. The smallest absolute Gasteiger partial charge is 0.251 e. The number of aryl methyl sites for hydroxylation is 2. The van der Waals surface area contributed by atoms with Crippen LogP contribution in [0.2, 0.25) is 0 Å². The fraction of sp³-hybridized carbons (Fsp3) is 0.261. The highest BCUT2D eigenvalue weighted by Crippen LogP contribution is 2.22. The lowest BCUT2D eigenvalue weighted by Gasteiger charge is -2.06. The molecule has 0 spiro atoms. The van der Waals surface area contributed by atoms with E-state index < -0.39 is 0 Å². The van der Waals surface area contributed by atoms with Crippen LogP contribution in [0.5, 0.6) is 0 Å². The first-order valence-electron chi connectivity index (χ1n) is 9.72. The second-order valence-corrected chi connectivity index (χ2v) is 6.72. The first-order chi connectivity index (χ1) is 14.1. The van der Waals surface area contributed by atoms with Gasteiger partial charge in [0.15, 0.2) is 0 Å². The number of oxazole rings is 1. The topological polar surface area (TPSA) is 84.2 Å². The predicted molar refractivity (Wildman–Crippen MR) is 112 cm³/mol. The van der Waals surface area contributed by atoms with E-state index in [1.807, 2.05) is 42.5 Å². The quantitative estimate of drug-likeness (QED) is 0.577. The van der Waals surface area contributed by atoms with Crippen LogP contribution in [-0.4, -0.2) is 29.9 Å². The zero-order chi connectivity index (χ0) is 20.6. The Bertz CT molecular complexity index is 963. The van der Waals surface area contributed by atoms with Gasteiger partial charge >= 0.3 is 0 Å². The Hall–Kier alpha value is -3.41. The van der Waals surface area contributed by atoms with Crippen molar-refractivity contribution in [1.82, 2.24) is 15.6 Å². The van der Waals surface area contributed by atoms with Gasteiger partial charge in [0, 0.05) is 24.2 Å². The molecule has 1 aromatic heterocycles. The molecule has 2 aromatic carbocycles. The molecule has 0 unspecified atom stereocenters. The molecule has 3 aromatic rings. The molecule has 2 amide bonds. The standard InChI is InChI=1S/C23H25N3O3/c1-3-17-9-11-19(12-10-17)23-26-20(16(2)29-23)15-21(27)24-13-14-25-22(28)18-7-5-4-6-8-18/h4-12H,3,13-15H2,1-2H3,(H,24,27)(H,25,28). The molecule has 0 atom stereocenters. The van der Waals surface area contributed by atoms with Crippen molar-refractivity contribution in [2.45, 2.75) is 26.7 Å². The van der Waals surface area contributed by atoms with Gasteiger partial charge in [-0.1, -0.05) is 37.3 Å². The normalized spacial score (nSPS) is 10.6. The van der Waals surface area contributed by atoms with Crippen molar-refractivity contribution in [1.29, 1.82) is 0 Å². The van der Waals surface area contributed by atoms with Gasteiger partial charge in [-0.3, -0.25) is 9.59 Å². The summed E-state index contributed by atoms with van der Waals surface area (Å²) in [6.07, 6.45) is 1.11. The van der Waals surface area contributed by atoms with Gasteiger partial charge in [0.25, 0.3) is 5.91 Å². The maximum Gasteiger partial charge on any atom is 0.251 e. The highest BCUT2D eigenvalue weighted by molar-refractivity contribution is 5.94. The molecule has 0 aliphatic carbocycles. The van der Waals surface area contributed by atoms with Crippen LogP contribution in [0.4, 0.5) is 0 Å². The number of carbonyl (C=O) groups is 2. The van der Waals surface area contributed by atoms with Crippen molar-refractivity contribution in [2.24, 2.45) is 0 Å². The lowest BCUT2D eigenvalue weighted by atomic mass is 10.1. The van der Waals surface area contributed by atoms with Crippen LogP contribution >= 0.6 is 0 Å². The molecule has 6 heteroatoms. The average molecular weight is 391 g/mol. The Morgan fingerprint density at radius 1 is 0.966 bits per heavy atom. The molecular weight excluding hydrogens is 366 g/mol. The third-order valence-corrected chi connectivity index (χ3v) is 4.60. The molecule has 0 saturated heterocycles. The van der Waals surface area contributed by atoms with E-state index in [0.29, 0.717) is 36.0 Å². The number of benzene rings is 2. The highest BCUT2D eigenvalue weighted by atomic mass is 16.4. The minimum Gasteiger partial charge on any atom is -0.441 e. The van der Waals surface area contributed by atoms with Gasteiger partial charge in [0.1, 0.15) is 5.76 Å². The number of rotatable bonds is 8. The van der Waals surface area contributed by atoms with E-state index in [0.717, 1.165) is 12.0 Å². The zero-order valence-electron chi connectivity index (χ0n) is 16.7. The van der Waals surface area contributed by atoms with Gasteiger partial charge in [-0.05, 0) is 43.2 Å². The second kappa shape index (κ2) is 9.68. The zero-order valence-corrected chi connectivity index (χ0v) is 16.7. The van der Waals surface area contributed by atoms with Crippen LogP contribution in [0.3, 0.4) is 0 Å². The molecular formula is C23H25N3O3. The van der Waals surface area contributed by atoms with E-state index in [1.54, 1.807) is 19.1 Å². The Kier molecular flexibility index (Phi) is 6.79. The number of amides is 2. The summed E-state index contributed by atoms with van der Waals surface area (Å²) in [7, 11) is 0. The van der Waals surface area contributed by atoms with E-state index in [4.69, 9.17) is 4.42 Å². The van der Waals surface area contributed by atoms with Crippen molar-refractivity contribution in [3.05, 3.63) is 77.2 Å².